The molecule has 2 N–H and O–H groups in total. The average molecular weight is 500 g/mol. The summed E-state index contributed by atoms with van der Waals surface area (Å²) in [5.41, 5.74) is 7.17. The number of urea groups is 1. The lowest BCUT2D eigenvalue weighted by Gasteiger charge is -2.20. The summed E-state index contributed by atoms with van der Waals surface area (Å²) < 4.78 is 0. The molecule has 0 aromatic heterocycles. The highest BCUT2D eigenvalue weighted by molar-refractivity contribution is 5.89. The first-order valence-electron chi connectivity index (χ1n) is 12.7. The predicted molar refractivity (Wildman–Crippen MR) is 158 cm³/mol. The van der Waals surface area contributed by atoms with Crippen LogP contribution in [0.1, 0.15) is 44.4 Å². The van der Waals surface area contributed by atoms with Gasteiger partial charge in [-0.3, -0.25) is 4.79 Å². The number of nitrogens with zero attached hydrogens (tertiary/aromatic N) is 1. The van der Waals surface area contributed by atoms with Gasteiger partial charge in [0.25, 0.3) is 0 Å². The Balaban J connectivity index is 0.00000163. The van der Waals surface area contributed by atoms with Crippen molar-refractivity contribution in [2.24, 2.45) is 0 Å². The van der Waals surface area contributed by atoms with Crippen LogP contribution < -0.4 is 10.6 Å². The topological polar surface area (TPSA) is 61.4 Å². The molecule has 0 aliphatic carbocycles. The number of allylic oxidation sites excluding steroid dienone is 1. The number of likely N-dealkylation sites (N-methyl/N-ethyl adjacent to an activating group) is 1. The zero-order valence-electron chi connectivity index (χ0n) is 23.3. The summed E-state index contributed by atoms with van der Waals surface area (Å²) in [5.74, 6) is 0. The molecule has 0 unspecified atom stereocenters. The molecular weight excluding hydrogens is 458 g/mol. The maximum Gasteiger partial charge on any atom is 0.322 e. The Bertz CT molecular complexity index is 1150. The van der Waals surface area contributed by atoms with Crippen LogP contribution in [0.3, 0.4) is 0 Å². The van der Waals surface area contributed by atoms with Crippen LogP contribution in [0.4, 0.5) is 10.5 Å². The van der Waals surface area contributed by atoms with Crippen LogP contribution in [0.15, 0.2) is 90.8 Å². The van der Waals surface area contributed by atoms with E-state index in [2.05, 4.69) is 48.4 Å². The predicted octanol–water partition coefficient (Wildman–Crippen LogP) is 7.83. The molecule has 196 valence electrons. The van der Waals surface area contributed by atoms with E-state index < -0.39 is 6.03 Å². The van der Waals surface area contributed by atoms with Crippen LogP contribution in [0.2, 0.25) is 0 Å². The molecule has 37 heavy (non-hydrogen) atoms. The normalized spacial score (nSPS) is 10.1. The number of anilines is 1. The number of amides is 2. The molecule has 3 rings (SSSR count). The molecule has 3 aromatic rings. The highest BCUT2D eigenvalue weighted by atomic mass is 16.2. The summed E-state index contributed by atoms with van der Waals surface area (Å²) in [6.07, 6.45) is 2.29. The quantitative estimate of drug-likeness (QED) is 0.245. The molecule has 0 saturated heterocycles. The van der Waals surface area contributed by atoms with E-state index in [0.29, 0.717) is 12.0 Å². The number of aryl methyl sites for hydroxylation is 2. The van der Waals surface area contributed by atoms with Crippen molar-refractivity contribution >= 4 is 24.1 Å². The van der Waals surface area contributed by atoms with E-state index in [0.717, 1.165) is 22.4 Å². The van der Waals surface area contributed by atoms with Crippen molar-refractivity contribution in [3.05, 3.63) is 107 Å². The van der Waals surface area contributed by atoms with Crippen molar-refractivity contribution in [3.63, 3.8) is 0 Å². The van der Waals surface area contributed by atoms with E-state index in [4.69, 9.17) is 0 Å². The highest BCUT2D eigenvalue weighted by Gasteiger charge is 2.11. The Labute approximate surface area is 222 Å². The molecule has 0 spiro atoms. The minimum absolute atomic E-state index is 0.187. The third kappa shape index (κ3) is 10.6. The smallest absolute Gasteiger partial charge is 0.322 e. The van der Waals surface area contributed by atoms with Gasteiger partial charge in [-0.1, -0.05) is 106 Å². The molecule has 3 aromatic carbocycles. The van der Waals surface area contributed by atoms with Crippen LogP contribution in [0.5, 0.6) is 0 Å². The van der Waals surface area contributed by atoms with Crippen LogP contribution in [-0.4, -0.2) is 30.8 Å². The summed E-state index contributed by atoms with van der Waals surface area (Å²) in [7, 11) is 1.65. The van der Waals surface area contributed by atoms with Crippen LogP contribution >= 0.6 is 0 Å². The zero-order chi connectivity index (χ0) is 27.8. The summed E-state index contributed by atoms with van der Waals surface area (Å²) in [4.78, 5) is 25.6. The van der Waals surface area contributed by atoms with Crippen molar-refractivity contribution in [3.8, 4) is 11.1 Å². The average Bonchev–Trinajstić information content (AvgIpc) is 2.92. The molecule has 0 aliphatic heterocycles. The number of rotatable bonds is 8. The van der Waals surface area contributed by atoms with Crippen molar-refractivity contribution in [1.82, 2.24) is 10.2 Å². The number of hydrogen-bond acceptors (Lipinski definition) is 3. The molecule has 0 atom stereocenters. The minimum Gasteiger partial charge on any atom is -0.358 e. The van der Waals surface area contributed by atoms with E-state index in [-0.39, 0.29) is 12.2 Å². The Morgan fingerprint density at radius 1 is 0.811 bits per heavy atom. The van der Waals surface area contributed by atoms with Gasteiger partial charge < -0.3 is 15.5 Å². The minimum atomic E-state index is -0.392. The Morgan fingerprint density at radius 2 is 1.27 bits per heavy atom. The lowest BCUT2D eigenvalue weighted by molar-refractivity contribution is -0.105. The van der Waals surface area contributed by atoms with E-state index in [1.807, 2.05) is 83.1 Å². The van der Waals surface area contributed by atoms with Gasteiger partial charge in [0.05, 0.1) is 12.2 Å². The molecule has 2 amide bonds. The number of aldehydes is 1. The van der Waals surface area contributed by atoms with Gasteiger partial charge in [-0.2, -0.15) is 0 Å². The maximum atomic E-state index is 12.5. The van der Waals surface area contributed by atoms with Gasteiger partial charge in [0.15, 0.2) is 6.29 Å². The summed E-state index contributed by atoms with van der Waals surface area (Å²) in [6, 6.07) is 23.6. The molecule has 0 aliphatic rings. The van der Waals surface area contributed by atoms with Gasteiger partial charge in [-0.05, 0) is 48.7 Å². The largest absolute Gasteiger partial charge is 0.358 e. The van der Waals surface area contributed by atoms with E-state index in [9.17, 15) is 9.59 Å². The second kappa shape index (κ2) is 16.5. The number of benzene rings is 3. The van der Waals surface area contributed by atoms with Gasteiger partial charge in [-0.15, -0.1) is 0 Å². The molecule has 0 saturated carbocycles. The highest BCUT2D eigenvalue weighted by Crippen LogP contribution is 2.21. The lowest BCUT2D eigenvalue weighted by atomic mass is 10.0. The Kier molecular flexibility index (Phi) is 13.8. The van der Waals surface area contributed by atoms with Gasteiger partial charge in [0.2, 0.25) is 0 Å². The third-order valence-corrected chi connectivity index (χ3v) is 5.14. The molecule has 5 heteroatoms. The first-order valence-corrected chi connectivity index (χ1v) is 12.7. The fraction of sp³-hybridized carbons (Fsp3) is 0.250. The molecule has 0 bridgehead atoms. The van der Waals surface area contributed by atoms with Crippen molar-refractivity contribution < 1.29 is 9.59 Å². The molecule has 0 heterocycles. The van der Waals surface area contributed by atoms with Crippen molar-refractivity contribution in [1.29, 1.82) is 0 Å². The van der Waals surface area contributed by atoms with E-state index in [1.54, 1.807) is 13.1 Å². The fourth-order valence-corrected chi connectivity index (χ4v) is 3.25. The number of nitrogens with one attached hydrogen (secondary N) is 2. The SMILES string of the molecule is C=C(CN(C)C(=O)N/C(C=O)=C\c1ccc(-c2ccc(C)cc2)cc1)Nc1ccc(C)cc1.CC.CC. The fourth-order valence-electron chi connectivity index (χ4n) is 3.25. The standard InChI is InChI=1S/C28H29N3O2.2C2H6/c1-20-5-11-24(12-6-20)25-13-9-23(10-14-25)17-27(19-32)30-28(33)31(4)18-22(3)29-26-15-7-21(2)8-16-26;2*1-2/h5-17,19,29H,3,18H2,1-2,4H3,(H,30,33);2*1-2H3/b27-17-;;. The first kappa shape index (κ1) is 30.9. The van der Waals surface area contributed by atoms with Crippen LogP contribution in [-0.2, 0) is 4.79 Å². The van der Waals surface area contributed by atoms with E-state index >= 15 is 0 Å². The van der Waals surface area contributed by atoms with E-state index in [1.165, 1.54) is 16.0 Å². The van der Waals surface area contributed by atoms with Gasteiger partial charge in [0, 0.05) is 18.4 Å². The number of hydrogen-bond donors (Lipinski definition) is 2. The third-order valence-electron chi connectivity index (χ3n) is 5.14. The van der Waals surface area contributed by atoms with Crippen LogP contribution in [0.25, 0.3) is 17.2 Å². The van der Waals surface area contributed by atoms with Gasteiger partial charge in [-0.25, -0.2) is 4.79 Å². The molecule has 0 fully saturated rings. The number of carbonyl (C=O) groups is 2. The zero-order valence-corrected chi connectivity index (χ0v) is 23.3. The molecule has 0 radical (unpaired) electrons. The summed E-state index contributed by atoms with van der Waals surface area (Å²) >= 11 is 0. The summed E-state index contributed by atoms with van der Waals surface area (Å²) in [6.45, 7) is 16.3. The Morgan fingerprint density at radius 3 is 1.76 bits per heavy atom. The lowest BCUT2D eigenvalue weighted by Crippen LogP contribution is -2.38. The second-order valence-electron chi connectivity index (χ2n) is 8.09. The van der Waals surface area contributed by atoms with Crippen LogP contribution in [0, 0.1) is 13.8 Å². The van der Waals surface area contributed by atoms with Crippen molar-refractivity contribution in [2.75, 3.05) is 18.9 Å². The Hall–Kier alpha value is -4.12. The monoisotopic (exact) mass is 499 g/mol. The van der Waals surface area contributed by atoms with Gasteiger partial charge in [0.1, 0.15) is 0 Å². The summed E-state index contributed by atoms with van der Waals surface area (Å²) in [5, 5.41) is 5.84. The molecular formula is C32H41N3O2. The number of carbonyl (C=O) groups excluding carboxylic acids is 2. The van der Waals surface area contributed by atoms with Gasteiger partial charge >= 0.3 is 6.03 Å². The molecule has 5 nitrogen and oxygen atoms in total. The first-order chi connectivity index (χ1) is 17.8. The van der Waals surface area contributed by atoms with Crippen molar-refractivity contribution in [2.45, 2.75) is 41.5 Å². The second-order valence-corrected chi connectivity index (χ2v) is 8.09. The maximum absolute atomic E-state index is 12.5.